The summed E-state index contributed by atoms with van der Waals surface area (Å²) in [6, 6.07) is 17.7. The molecule has 0 aliphatic carbocycles. The van der Waals surface area contributed by atoms with E-state index in [-0.39, 0.29) is 10.8 Å². The lowest BCUT2D eigenvalue weighted by Crippen LogP contribution is -2.37. The second-order valence-corrected chi connectivity index (χ2v) is 7.54. The van der Waals surface area contributed by atoms with Gasteiger partial charge in [0.2, 0.25) is 15.9 Å². The van der Waals surface area contributed by atoms with Crippen molar-refractivity contribution in [1.82, 2.24) is 9.21 Å². The van der Waals surface area contributed by atoms with Gasteiger partial charge >= 0.3 is 0 Å². The zero-order valence-corrected chi connectivity index (χ0v) is 14.3. The van der Waals surface area contributed by atoms with Gasteiger partial charge in [0.15, 0.2) is 0 Å². The molecule has 2 aromatic carbocycles. The molecule has 1 fully saturated rings. The molecule has 0 unspecified atom stereocenters. The first-order chi connectivity index (χ1) is 11.6. The van der Waals surface area contributed by atoms with Crippen LogP contribution in [0.15, 0.2) is 65.6 Å². The van der Waals surface area contributed by atoms with Crippen molar-refractivity contribution in [2.75, 3.05) is 13.1 Å². The number of hydrogen-bond donors (Lipinski definition) is 0. The van der Waals surface area contributed by atoms with Gasteiger partial charge in [-0.3, -0.25) is 4.79 Å². The Hall–Kier alpha value is -2.18. The number of carbonyl (C=O) groups is 1. The van der Waals surface area contributed by atoms with Crippen LogP contribution in [0.1, 0.15) is 25.1 Å². The van der Waals surface area contributed by atoms with Crippen molar-refractivity contribution in [1.29, 1.82) is 0 Å². The Balaban J connectivity index is 2.05. The van der Waals surface area contributed by atoms with Gasteiger partial charge in [0.1, 0.15) is 6.17 Å². The lowest BCUT2D eigenvalue weighted by atomic mass is 10.1. The first-order valence-corrected chi connectivity index (χ1v) is 9.41. The summed E-state index contributed by atoms with van der Waals surface area (Å²) in [5, 5.41) is 0. The van der Waals surface area contributed by atoms with Crippen molar-refractivity contribution in [2.24, 2.45) is 0 Å². The Kier molecular flexibility index (Phi) is 4.69. The fourth-order valence-corrected chi connectivity index (χ4v) is 4.61. The average Bonchev–Trinajstić information content (AvgIpc) is 3.08. The standard InChI is InChI=1S/C18H20N2O3S/c1-2-17(21)19-13-14-20(18(19)15-9-5-3-6-10-15)24(22,23)16-11-7-4-8-12-16/h3-12,18H,2,13-14H2,1H3/t18-/m1/s1. The molecule has 0 spiro atoms. The third-order valence-electron chi connectivity index (χ3n) is 4.20. The van der Waals surface area contributed by atoms with Gasteiger partial charge in [0, 0.05) is 19.5 Å². The van der Waals surface area contributed by atoms with Crippen molar-refractivity contribution in [2.45, 2.75) is 24.4 Å². The molecule has 6 heteroatoms. The Bertz CT molecular complexity index is 807. The molecule has 1 heterocycles. The molecule has 1 aliphatic rings. The highest BCUT2D eigenvalue weighted by Crippen LogP contribution is 2.35. The van der Waals surface area contributed by atoms with Gasteiger partial charge < -0.3 is 4.90 Å². The summed E-state index contributed by atoms with van der Waals surface area (Å²) in [6.07, 6.45) is -0.244. The minimum Gasteiger partial charge on any atom is -0.320 e. The molecule has 3 rings (SSSR count). The van der Waals surface area contributed by atoms with Crippen LogP contribution in [0, 0.1) is 0 Å². The van der Waals surface area contributed by atoms with Crippen LogP contribution in [0.3, 0.4) is 0 Å². The second-order valence-electron chi connectivity index (χ2n) is 5.65. The van der Waals surface area contributed by atoms with E-state index < -0.39 is 16.2 Å². The van der Waals surface area contributed by atoms with Crippen molar-refractivity contribution >= 4 is 15.9 Å². The number of hydrogen-bond acceptors (Lipinski definition) is 3. The van der Waals surface area contributed by atoms with E-state index >= 15 is 0 Å². The highest BCUT2D eigenvalue weighted by Gasteiger charge is 2.42. The van der Waals surface area contributed by atoms with Crippen LogP contribution in [-0.2, 0) is 14.8 Å². The fraction of sp³-hybridized carbons (Fsp3) is 0.278. The van der Waals surface area contributed by atoms with Crippen LogP contribution in [0.2, 0.25) is 0 Å². The monoisotopic (exact) mass is 344 g/mol. The molecular formula is C18H20N2O3S. The molecule has 1 saturated heterocycles. The lowest BCUT2D eigenvalue weighted by Gasteiger charge is -2.30. The molecule has 0 bridgehead atoms. The van der Waals surface area contributed by atoms with Crippen LogP contribution in [0.25, 0.3) is 0 Å². The molecule has 0 aromatic heterocycles. The summed E-state index contributed by atoms with van der Waals surface area (Å²) < 4.78 is 27.5. The summed E-state index contributed by atoms with van der Waals surface area (Å²) in [6.45, 7) is 2.49. The highest BCUT2D eigenvalue weighted by molar-refractivity contribution is 7.89. The minimum absolute atomic E-state index is 0.0467. The quantitative estimate of drug-likeness (QED) is 0.857. The van der Waals surface area contributed by atoms with Crippen molar-refractivity contribution in [3.8, 4) is 0 Å². The molecule has 0 N–H and O–H groups in total. The summed E-state index contributed by atoms with van der Waals surface area (Å²) >= 11 is 0. The molecule has 1 atom stereocenters. The third-order valence-corrected chi connectivity index (χ3v) is 6.07. The molecule has 126 valence electrons. The normalized spacial score (nSPS) is 18.7. The van der Waals surface area contributed by atoms with Gasteiger partial charge in [-0.05, 0) is 17.7 Å². The largest absolute Gasteiger partial charge is 0.320 e. The predicted octanol–water partition coefficient (Wildman–Crippen LogP) is 2.63. The van der Waals surface area contributed by atoms with E-state index in [4.69, 9.17) is 0 Å². The summed E-state index contributed by atoms with van der Waals surface area (Å²) in [4.78, 5) is 14.2. The zero-order valence-electron chi connectivity index (χ0n) is 13.5. The highest BCUT2D eigenvalue weighted by atomic mass is 32.2. The van der Waals surface area contributed by atoms with Gasteiger partial charge in [-0.25, -0.2) is 8.42 Å². The maximum absolute atomic E-state index is 13.1. The number of rotatable bonds is 4. The predicted molar refractivity (Wildman–Crippen MR) is 91.5 cm³/mol. The molecule has 1 aliphatic heterocycles. The number of sulfonamides is 1. The summed E-state index contributed by atoms with van der Waals surface area (Å²) in [5.74, 6) is -0.0467. The van der Waals surface area contributed by atoms with Gasteiger partial charge in [-0.15, -0.1) is 0 Å². The summed E-state index contributed by atoms with van der Waals surface area (Å²) in [7, 11) is -3.67. The smallest absolute Gasteiger partial charge is 0.245 e. The fourth-order valence-electron chi connectivity index (χ4n) is 3.02. The minimum atomic E-state index is -3.67. The van der Waals surface area contributed by atoms with Crippen LogP contribution in [0.4, 0.5) is 0 Å². The van der Waals surface area contributed by atoms with Crippen LogP contribution >= 0.6 is 0 Å². The van der Waals surface area contributed by atoms with E-state index in [1.807, 2.05) is 30.3 Å². The van der Waals surface area contributed by atoms with Gasteiger partial charge in [-0.1, -0.05) is 55.5 Å². The van der Waals surface area contributed by atoms with Crippen LogP contribution in [-0.4, -0.2) is 36.6 Å². The first-order valence-electron chi connectivity index (χ1n) is 7.97. The van der Waals surface area contributed by atoms with Crippen LogP contribution in [0.5, 0.6) is 0 Å². The SMILES string of the molecule is CCC(=O)N1CCN(S(=O)(=O)c2ccccc2)[C@@H]1c1ccccc1. The Morgan fingerprint density at radius 1 is 1.00 bits per heavy atom. The number of carbonyl (C=O) groups excluding carboxylic acids is 1. The van der Waals surface area contributed by atoms with E-state index in [1.54, 1.807) is 42.2 Å². The first kappa shape index (κ1) is 16.7. The van der Waals surface area contributed by atoms with E-state index in [0.29, 0.717) is 19.5 Å². The molecule has 1 amide bonds. The molecule has 0 radical (unpaired) electrons. The second kappa shape index (κ2) is 6.75. The number of benzene rings is 2. The summed E-state index contributed by atoms with van der Waals surface area (Å²) in [5.41, 5.74) is 0.802. The van der Waals surface area contributed by atoms with E-state index in [2.05, 4.69) is 0 Å². The van der Waals surface area contributed by atoms with Gasteiger partial charge in [-0.2, -0.15) is 4.31 Å². The van der Waals surface area contributed by atoms with Gasteiger partial charge in [0.05, 0.1) is 4.90 Å². The van der Waals surface area contributed by atoms with Crippen molar-refractivity contribution in [3.63, 3.8) is 0 Å². The Labute approximate surface area is 142 Å². The molecule has 2 aromatic rings. The lowest BCUT2D eigenvalue weighted by molar-refractivity contribution is -0.132. The van der Waals surface area contributed by atoms with E-state index in [0.717, 1.165) is 5.56 Å². The van der Waals surface area contributed by atoms with Crippen molar-refractivity contribution in [3.05, 3.63) is 66.2 Å². The van der Waals surface area contributed by atoms with Gasteiger partial charge in [0.25, 0.3) is 0 Å². The Morgan fingerprint density at radius 3 is 2.17 bits per heavy atom. The van der Waals surface area contributed by atoms with Crippen LogP contribution < -0.4 is 0 Å². The third kappa shape index (κ3) is 2.95. The number of nitrogens with zero attached hydrogens (tertiary/aromatic N) is 2. The topological polar surface area (TPSA) is 57.7 Å². The number of amides is 1. The molecular weight excluding hydrogens is 324 g/mol. The Morgan fingerprint density at radius 2 is 1.58 bits per heavy atom. The zero-order chi connectivity index (χ0) is 17.2. The maximum atomic E-state index is 13.1. The molecule has 24 heavy (non-hydrogen) atoms. The van der Waals surface area contributed by atoms with E-state index in [9.17, 15) is 13.2 Å². The average molecular weight is 344 g/mol. The van der Waals surface area contributed by atoms with E-state index in [1.165, 1.54) is 4.31 Å². The molecule has 0 saturated carbocycles. The maximum Gasteiger partial charge on any atom is 0.245 e. The van der Waals surface area contributed by atoms with Crippen molar-refractivity contribution < 1.29 is 13.2 Å². The molecule has 5 nitrogen and oxygen atoms in total.